The highest BCUT2D eigenvalue weighted by Crippen LogP contribution is 2.21. The maximum atomic E-state index is 12.8. The lowest BCUT2D eigenvalue weighted by Gasteiger charge is -2.38. The first-order valence-corrected chi connectivity index (χ1v) is 9.29. The molecule has 1 aliphatic heterocycles. The summed E-state index contributed by atoms with van der Waals surface area (Å²) in [5.41, 5.74) is 0.285. The van der Waals surface area contributed by atoms with E-state index < -0.39 is 5.41 Å². The summed E-state index contributed by atoms with van der Waals surface area (Å²) in [4.78, 5) is 29.4. The van der Waals surface area contributed by atoms with Crippen molar-refractivity contribution in [3.8, 4) is 0 Å². The molecular weight excluding hydrogens is 314 g/mol. The van der Waals surface area contributed by atoms with Gasteiger partial charge in [-0.1, -0.05) is 43.7 Å². The standard InChI is InChI=1S/C20H31N3O2/c1-4-5-11-21-18(24)20(2,3)19(25)23-14-12-22(13-15-23)16-17-9-7-6-8-10-17/h6-10H,4-5,11-16H2,1-3H3,(H,21,24). The van der Waals surface area contributed by atoms with Crippen LogP contribution < -0.4 is 5.32 Å². The van der Waals surface area contributed by atoms with E-state index in [4.69, 9.17) is 0 Å². The molecule has 0 saturated carbocycles. The highest BCUT2D eigenvalue weighted by molar-refractivity contribution is 6.04. The third-order valence-electron chi connectivity index (χ3n) is 4.83. The minimum Gasteiger partial charge on any atom is -0.355 e. The van der Waals surface area contributed by atoms with Crippen LogP contribution in [0.4, 0.5) is 0 Å². The van der Waals surface area contributed by atoms with Gasteiger partial charge in [0.25, 0.3) is 0 Å². The summed E-state index contributed by atoms with van der Waals surface area (Å²) in [6.45, 7) is 10.1. The van der Waals surface area contributed by atoms with Crippen LogP contribution in [0.5, 0.6) is 0 Å². The Hall–Kier alpha value is -1.88. The van der Waals surface area contributed by atoms with Crippen LogP contribution in [0.2, 0.25) is 0 Å². The fourth-order valence-corrected chi connectivity index (χ4v) is 3.04. The zero-order valence-electron chi connectivity index (χ0n) is 15.8. The van der Waals surface area contributed by atoms with Crippen LogP contribution in [0.3, 0.4) is 0 Å². The molecule has 138 valence electrons. The lowest BCUT2D eigenvalue weighted by atomic mass is 9.90. The second-order valence-electron chi connectivity index (χ2n) is 7.29. The summed E-state index contributed by atoms with van der Waals surface area (Å²) in [7, 11) is 0. The van der Waals surface area contributed by atoms with Crippen LogP contribution >= 0.6 is 0 Å². The Kier molecular flexibility index (Phi) is 7.00. The maximum Gasteiger partial charge on any atom is 0.237 e. The molecular formula is C20H31N3O2. The number of nitrogens with one attached hydrogen (secondary N) is 1. The lowest BCUT2D eigenvalue weighted by Crippen LogP contribution is -2.55. The fourth-order valence-electron chi connectivity index (χ4n) is 3.04. The molecule has 0 spiro atoms. The number of carbonyl (C=O) groups excluding carboxylic acids is 2. The van der Waals surface area contributed by atoms with Crippen LogP contribution in [-0.2, 0) is 16.1 Å². The van der Waals surface area contributed by atoms with Gasteiger partial charge in [-0.05, 0) is 25.8 Å². The molecule has 0 radical (unpaired) electrons. The van der Waals surface area contributed by atoms with Crippen molar-refractivity contribution >= 4 is 11.8 Å². The van der Waals surface area contributed by atoms with E-state index in [-0.39, 0.29) is 11.8 Å². The summed E-state index contributed by atoms with van der Waals surface area (Å²) >= 11 is 0. The SMILES string of the molecule is CCCCNC(=O)C(C)(C)C(=O)N1CCN(Cc2ccccc2)CC1. The van der Waals surface area contributed by atoms with Gasteiger partial charge in [0, 0.05) is 39.3 Å². The van der Waals surface area contributed by atoms with E-state index in [1.807, 2.05) is 11.0 Å². The molecule has 5 heteroatoms. The third-order valence-corrected chi connectivity index (χ3v) is 4.83. The Morgan fingerprint density at radius 2 is 1.72 bits per heavy atom. The van der Waals surface area contributed by atoms with E-state index in [9.17, 15) is 9.59 Å². The average Bonchev–Trinajstić information content (AvgIpc) is 2.62. The number of rotatable bonds is 7. The molecule has 2 rings (SSSR count). The highest BCUT2D eigenvalue weighted by Gasteiger charge is 2.39. The molecule has 1 aliphatic rings. The predicted octanol–water partition coefficient (Wildman–Crippen LogP) is 2.27. The van der Waals surface area contributed by atoms with Crippen molar-refractivity contribution in [3.05, 3.63) is 35.9 Å². The first kappa shape index (κ1) is 19.4. The summed E-state index contributed by atoms with van der Waals surface area (Å²) < 4.78 is 0. The molecule has 25 heavy (non-hydrogen) atoms. The molecule has 0 aromatic heterocycles. The van der Waals surface area contributed by atoms with Gasteiger partial charge in [0.15, 0.2) is 0 Å². The molecule has 0 atom stereocenters. The largest absolute Gasteiger partial charge is 0.355 e. The fraction of sp³-hybridized carbons (Fsp3) is 0.600. The number of piperazine rings is 1. The molecule has 2 amide bonds. The minimum absolute atomic E-state index is 0.0686. The van der Waals surface area contributed by atoms with Crippen molar-refractivity contribution in [2.24, 2.45) is 5.41 Å². The van der Waals surface area contributed by atoms with Crippen molar-refractivity contribution in [2.45, 2.75) is 40.2 Å². The molecule has 0 unspecified atom stereocenters. The van der Waals surface area contributed by atoms with Gasteiger partial charge < -0.3 is 10.2 Å². The lowest BCUT2D eigenvalue weighted by molar-refractivity contribution is -0.149. The molecule has 0 aliphatic carbocycles. The Bertz CT molecular complexity index is 564. The summed E-state index contributed by atoms with van der Waals surface area (Å²) in [6.07, 6.45) is 1.96. The van der Waals surface area contributed by atoms with Crippen molar-refractivity contribution in [3.63, 3.8) is 0 Å². The second-order valence-corrected chi connectivity index (χ2v) is 7.29. The zero-order valence-corrected chi connectivity index (χ0v) is 15.8. The topological polar surface area (TPSA) is 52.7 Å². The number of amides is 2. The van der Waals surface area contributed by atoms with E-state index in [1.54, 1.807) is 13.8 Å². The second kappa shape index (κ2) is 8.99. The number of benzene rings is 1. The quantitative estimate of drug-likeness (QED) is 0.609. The van der Waals surface area contributed by atoms with Crippen LogP contribution in [-0.4, -0.2) is 54.3 Å². The molecule has 1 N–H and O–H groups in total. The smallest absolute Gasteiger partial charge is 0.237 e. The molecule has 0 bridgehead atoms. The highest BCUT2D eigenvalue weighted by atomic mass is 16.2. The number of unbranched alkanes of at least 4 members (excludes halogenated alkanes) is 1. The van der Waals surface area contributed by atoms with Crippen LogP contribution in [0.1, 0.15) is 39.2 Å². The zero-order chi connectivity index (χ0) is 18.3. The van der Waals surface area contributed by atoms with Gasteiger partial charge in [-0.3, -0.25) is 14.5 Å². The van der Waals surface area contributed by atoms with E-state index in [0.717, 1.165) is 32.5 Å². The van der Waals surface area contributed by atoms with Crippen molar-refractivity contribution in [2.75, 3.05) is 32.7 Å². The average molecular weight is 345 g/mol. The first-order chi connectivity index (χ1) is 11.9. The van der Waals surface area contributed by atoms with Crippen LogP contribution in [0, 0.1) is 5.41 Å². The maximum absolute atomic E-state index is 12.8. The number of hydrogen-bond acceptors (Lipinski definition) is 3. The Labute approximate surface area is 151 Å². The van der Waals surface area contributed by atoms with Gasteiger partial charge in [0.2, 0.25) is 11.8 Å². The monoisotopic (exact) mass is 345 g/mol. The van der Waals surface area contributed by atoms with Gasteiger partial charge in [-0.2, -0.15) is 0 Å². The molecule has 1 fully saturated rings. The first-order valence-electron chi connectivity index (χ1n) is 9.29. The minimum atomic E-state index is -1.00. The van der Waals surface area contributed by atoms with E-state index in [0.29, 0.717) is 19.6 Å². The number of nitrogens with zero attached hydrogens (tertiary/aromatic N) is 2. The normalized spacial score (nSPS) is 15.9. The Balaban J connectivity index is 1.84. The van der Waals surface area contributed by atoms with Crippen molar-refractivity contribution < 1.29 is 9.59 Å². The molecule has 1 saturated heterocycles. The van der Waals surface area contributed by atoms with Gasteiger partial charge in [0.1, 0.15) is 5.41 Å². The van der Waals surface area contributed by atoms with E-state index >= 15 is 0 Å². The Morgan fingerprint density at radius 1 is 1.08 bits per heavy atom. The van der Waals surface area contributed by atoms with Gasteiger partial charge in [-0.25, -0.2) is 0 Å². The number of carbonyl (C=O) groups is 2. The van der Waals surface area contributed by atoms with Crippen molar-refractivity contribution in [1.82, 2.24) is 15.1 Å². The number of hydrogen-bond donors (Lipinski definition) is 1. The van der Waals surface area contributed by atoms with Crippen molar-refractivity contribution in [1.29, 1.82) is 0 Å². The molecule has 1 aromatic carbocycles. The molecule has 1 aromatic rings. The summed E-state index contributed by atoms with van der Waals surface area (Å²) in [6, 6.07) is 10.4. The Morgan fingerprint density at radius 3 is 2.32 bits per heavy atom. The predicted molar refractivity (Wildman–Crippen MR) is 100.0 cm³/mol. The summed E-state index contributed by atoms with van der Waals surface area (Å²) in [5.74, 6) is -0.237. The molecule has 5 nitrogen and oxygen atoms in total. The van der Waals surface area contributed by atoms with Gasteiger partial charge in [-0.15, -0.1) is 0 Å². The van der Waals surface area contributed by atoms with Gasteiger partial charge >= 0.3 is 0 Å². The van der Waals surface area contributed by atoms with Crippen LogP contribution in [0.25, 0.3) is 0 Å². The van der Waals surface area contributed by atoms with Gasteiger partial charge in [0.05, 0.1) is 0 Å². The van der Waals surface area contributed by atoms with E-state index in [2.05, 4.69) is 41.4 Å². The van der Waals surface area contributed by atoms with Crippen LogP contribution in [0.15, 0.2) is 30.3 Å². The van der Waals surface area contributed by atoms with E-state index in [1.165, 1.54) is 5.56 Å². The molecule has 1 heterocycles. The summed E-state index contributed by atoms with van der Waals surface area (Å²) in [5, 5.41) is 2.89. The third kappa shape index (κ3) is 5.30.